The molecule has 2 N–H and O–H groups in total. The van der Waals surface area contributed by atoms with Crippen molar-refractivity contribution in [3.8, 4) is 11.5 Å². The van der Waals surface area contributed by atoms with Crippen LogP contribution in [0.1, 0.15) is 37.7 Å². The number of hydrogen-bond acceptors (Lipinski definition) is 6. The number of benzene rings is 1. The summed E-state index contributed by atoms with van der Waals surface area (Å²) in [7, 11) is 3.58. The van der Waals surface area contributed by atoms with E-state index in [1.807, 2.05) is 25.2 Å². The molecule has 0 spiro atoms. The van der Waals surface area contributed by atoms with E-state index in [4.69, 9.17) is 19.3 Å². The van der Waals surface area contributed by atoms with Crippen molar-refractivity contribution in [2.75, 3.05) is 40.5 Å². The fourth-order valence-electron chi connectivity index (χ4n) is 3.35. The van der Waals surface area contributed by atoms with Crippen LogP contribution >= 0.6 is 0 Å². The molecule has 0 heterocycles. The molecule has 1 saturated carbocycles. The van der Waals surface area contributed by atoms with Gasteiger partial charge >= 0.3 is 0 Å². The van der Waals surface area contributed by atoms with E-state index in [1.165, 1.54) is 19.3 Å². The molecule has 0 bridgehead atoms. The summed E-state index contributed by atoms with van der Waals surface area (Å²) in [5.74, 6) is 1.26. The number of aliphatic hydroxyl groups is 2. The monoisotopic (exact) mass is 367 g/mol. The maximum Gasteiger partial charge on any atom is 0.161 e. The minimum Gasteiger partial charge on any atom is -0.493 e. The van der Waals surface area contributed by atoms with Gasteiger partial charge in [0.15, 0.2) is 11.5 Å². The van der Waals surface area contributed by atoms with Gasteiger partial charge in [0, 0.05) is 13.1 Å². The van der Waals surface area contributed by atoms with E-state index in [2.05, 4.69) is 4.90 Å². The number of rotatable bonds is 11. The third-order valence-corrected chi connectivity index (χ3v) is 4.63. The molecule has 0 radical (unpaired) electrons. The predicted molar refractivity (Wildman–Crippen MR) is 101 cm³/mol. The number of nitrogens with zero attached hydrogens (tertiary/aromatic N) is 1. The van der Waals surface area contributed by atoms with E-state index in [9.17, 15) is 5.11 Å². The lowest BCUT2D eigenvalue weighted by Gasteiger charge is -2.25. The summed E-state index contributed by atoms with van der Waals surface area (Å²) in [6.45, 7) is 1.85. The molecular formula is C20H33NO5. The van der Waals surface area contributed by atoms with Crippen molar-refractivity contribution in [1.82, 2.24) is 4.90 Å². The lowest BCUT2D eigenvalue weighted by Crippen LogP contribution is -2.33. The highest BCUT2D eigenvalue weighted by Crippen LogP contribution is 2.28. The largest absolute Gasteiger partial charge is 0.493 e. The number of ether oxygens (including phenoxy) is 3. The summed E-state index contributed by atoms with van der Waals surface area (Å²) in [5.41, 5.74) is 1.07. The first kappa shape index (κ1) is 21.0. The molecule has 1 unspecified atom stereocenters. The molecule has 6 nitrogen and oxygen atoms in total. The van der Waals surface area contributed by atoms with Crippen LogP contribution in [0.5, 0.6) is 11.5 Å². The Kier molecular flexibility index (Phi) is 9.18. The second-order valence-corrected chi connectivity index (χ2v) is 7.00. The SMILES string of the molecule is COc1cc(CN(C)CC(O)COC2CCCCC2)ccc1OCCO. The van der Waals surface area contributed by atoms with Crippen molar-refractivity contribution in [3.63, 3.8) is 0 Å². The highest BCUT2D eigenvalue weighted by Gasteiger charge is 2.16. The first-order chi connectivity index (χ1) is 12.6. The van der Waals surface area contributed by atoms with Crippen molar-refractivity contribution in [3.05, 3.63) is 23.8 Å². The van der Waals surface area contributed by atoms with Gasteiger partial charge in [0.2, 0.25) is 0 Å². The van der Waals surface area contributed by atoms with Crippen molar-refractivity contribution in [2.24, 2.45) is 0 Å². The van der Waals surface area contributed by atoms with Crippen LogP contribution in [0.4, 0.5) is 0 Å². The average molecular weight is 367 g/mol. The standard InChI is InChI=1S/C20H33NO5/c1-21(14-17(23)15-26-18-6-4-3-5-7-18)13-16-8-9-19(25-11-10-22)20(12-16)24-2/h8-9,12,17-18,22-23H,3-7,10-11,13-15H2,1-2H3. The second-order valence-electron chi connectivity index (χ2n) is 7.00. The average Bonchev–Trinajstić information content (AvgIpc) is 2.66. The fourth-order valence-corrected chi connectivity index (χ4v) is 3.35. The number of methoxy groups -OCH3 is 1. The summed E-state index contributed by atoms with van der Waals surface area (Å²) in [4.78, 5) is 2.07. The van der Waals surface area contributed by atoms with Crippen LogP contribution in [0.3, 0.4) is 0 Å². The molecule has 1 aromatic carbocycles. The first-order valence-electron chi connectivity index (χ1n) is 9.51. The summed E-state index contributed by atoms with van der Waals surface area (Å²) in [6.07, 6.45) is 5.84. The highest BCUT2D eigenvalue weighted by molar-refractivity contribution is 5.42. The molecule has 1 fully saturated rings. The molecule has 0 aliphatic heterocycles. The van der Waals surface area contributed by atoms with E-state index < -0.39 is 6.10 Å². The Hall–Kier alpha value is -1.34. The van der Waals surface area contributed by atoms with Gasteiger partial charge in [0.25, 0.3) is 0 Å². The van der Waals surface area contributed by atoms with Gasteiger partial charge in [0.1, 0.15) is 6.61 Å². The van der Waals surface area contributed by atoms with Crippen LogP contribution < -0.4 is 9.47 Å². The van der Waals surface area contributed by atoms with Gasteiger partial charge in [-0.05, 0) is 37.6 Å². The molecule has 1 aliphatic carbocycles. The summed E-state index contributed by atoms with van der Waals surface area (Å²) < 4.78 is 16.7. The molecule has 0 aromatic heterocycles. The first-order valence-corrected chi connectivity index (χ1v) is 9.51. The third kappa shape index (κ3) is 7.11. The molecule has 0 saturated heterocycles. The van der Waals surface area contributed by atoms with Gasteiger partial charge in [-0.1, -0.05) is 25.3 Å². The minimum absolute atomic E-state index is 0.0333. The molecule has 6 heteroatoms. The zero-order valence-electron chi connectivity index (χ0n) is 16.0. The molecule has 1 atom stereocenters. The van der Waals surface area contributed by atoms with Gasteiger partial charge in [0.05, 0.1) is 32.5 Å². The van der Waals surface area contributed by atoms with Crippen LogP contribution in [-0.4, -0.2) is 67.8 Å². The third-order valence-electron chi connectivity index (χ3n) is 4.63. The Morgan fingerprint density at radius 3 is 2.65 bits per heavy atom. The summed E-state index contributed by atoms with van der Waals surface area (Å²) in [6, 6.07) is 5.74. The number of hydrogen-bond donors (Lipinski definition) is 2. The molecule has 26 heavy (non-hydrogen) atoms. The van der Waals surface area contributed by atoms with E-state index in [-0.39, 0.29) is 13.2 Å². The van der Waals surface area contributed by atoms with Crippen molar-refractivity contribution >= 4 is 0 Å². The van der Waals surface area contributed by atoms with E-state index in [0.717, 1.165) is 18.4 Å². The van der Waals surface area contributed by atoms with Crippen LogP contribution in [0.2, 0.25) is 0 Å². The van der Waals surface area contributed by atoms with Crippen LogP contribution in [-0.2, 0) is 11.3 Å². The van der Waals surface area contributed by atoms with E-state index in [1.54, 1.807) is 7.11 Å². The van der Waals surface area contributed by atoms with Gasteiger partial charge in [-0.2, -0.15) is 0 Å². The number of likely N-dealkylation sites (N-methyl/N-ethyl adjacent to an activating group) is 1. The Morgan fingerprint density at radius 2 is 1.96 bits per heavy atom. The quantitative estimate of drug-likeness (QED) is 0.625. The lowest BCUT2D eigenvalue weighted by molar-refractivity contribution is -0.0319. The van der Waals surface area contributed by atoms with Crippen LogP contribution in [0, 0.1) is 0 Å². The Balaban J connectivity index is 1.77. The number of aliphatic hydroxyl groups excluding tert-OH is 2. The molecule has 1 aliphatic rings. The Labute approximate surface area is 156 Å². The van der Waals surface area contributed by atoms with Gasteiger partial charge < -0.3 is 24.4 Å². The minimum atomic E-state index is -0.490. The Bertz CT molecular complexity index is 519. The Morgan fingerprint density at radius 1 is 1.19 bits per heavy atom. The van der Waals surface area contributed by atoms with Gasteiger partial charge in [-0.15, -0.1) is 0 Å². The smallest absolute Gasteiger partial charge is 0.161 e. The fraction of sp³-hybridized carbons (Fsp3) is 0.700. The van der Waals surface area contributed by atoms with Crippen molar-refractivity contribution < 1.29 is 24.4 Å². The molecular weight excluding hydrogens is 334 g/mol. The molecule has 2 rings (SSSR count). The molecule has 148 valence electrons. The summed E-state index contributed by atoms with van der Waals surface area (Å²) >= 11 is 0. The zero-order valence-corrected chi connectivity index (χ0v) is 16.0. The van der Waals surface area contributed by atoms with Crippen LogP contribution in [0.25, 0.3) is 0 Å². The van der Waals surface area contributed by atoms with Crippen molar-refractivity contribution in [1.29, 1.82) is 0 Å². The second kappa shape index (κ2) is 11.4. The van der Waals surface area contributed by atoms with Gasteiger partial charge in [-0.25, -0.2) is 0 Å². The summed E-state index contributed by atoms with van der Waals surface area (Å²) in [5, 5.41) is 19.1. The van der Waals surface area contributed by atoms with E-state index in [0.29, 0.717) is 37.3 Å². The van der Waals surface area contributed by atoms with E-state index >= 15 is 0 Å². The highest BCUT2D eigenvalue weighted by atomic mass is 16.5. The zero-order chi connectivity index (χ0) is 18.8. The maximum atomic E-state index is 10.2. The molecule has 0 amide bonds. The van der Waals surface area contributed by atoms with Crippen molar-refractivity contribution in [2.45, 2.75) is 50.9 Å². The molecule has 1 aromatic rings. The van der Waals surface area contributed by atoms with Gasteiger partial charge in [-0.3, -0.25) is 4.90 Å². The predicted octanol–water partition coefficient (Wildman–Crippen LogP) is 2.21. The maximum absolute atomic E-state index is 10.2. The lowest BCUT2D eigenvalue weighted by atomic mass is 9.98. The normalized spacial score (nSPS) is 16.7. The topological polar surface area (TPSA) is 71.4 Å². The van der Waals surface area contributed by atoms with Crippen LogP contribution in [0.15, 0.2) is 18.2 Å².